The molecule has 0 unspecified atom stereocenters. The fraction of sp³-hybridized carbons (Fsp3) is 0.273. The molecule has 1 aromatic rings. The smallest absolute Gasteiger partial charge is 0.240 e. The molecule has 5 nitrogen and oxygen atoms in total. The zero-order chi connectivity index (χ0) is 12.9. The maximum atomic E-state index is 11.4. The summed E-state index contributed by atoms with van der Waals surface area (Å²) >= 11 is 0. The van der Waals surface area contributed by atoms with E-state index in [4.69, 9.17) is 10.2 Å². The molecule has 0 radical (unpaired) electrons. The number of nitrogens with two attached hydrogens (primary N) is 1. The molecule has 0 aliphatic carbocycles. The van der Waals surface area contributed by atoms with Crippen LogP contribution in [0, 0.1) is 0 Å². The van der Waals surface area contributed by atoms with Gasteiger partial charge in [-0.2, -0.15) is 0 Å². The molecule has 0 bridgehead atoms. The molecule has 0 aliphatic rings. The Hall–Kier alpha value is -1.37. The molecule has 1 rings (SSSR count). The number of nitrogens with zero attached hydrogens (tertiary/aromatic N) is 1. The van der Waals surface area contributed by atoms with Gasteiger partial charge in [0, 0.05) is 13.1 Å². The SMILES string of the molecule is C=CCN(CCO)c1ccccc1S(N)(=O)=O. The van der Waals surface area contributed by atoms with Gasteiger partial charge in [-0.25, -0.2) is 13.6 Å². The van der Waals surface area contributed by atoms with Crippen molar-refractivity contribution in [3.05, 3.63) is 36.9 Å². The number of benzene rings is 1. The molecule has 94 valence electrons. The summed E-state index contributed by atoms with van der Waals surface area (Å²) in [6.45, 7) is 4.28. The van der Waals surface area contributed by atoms with Crippen molar-refractivity contribution >= 4 is 15.7 Å². The van der Waals surface area contributed by atoms with Crippen molar-refractivity contribution in [2.75, 3.05) is 24.6 Å². The highest BCUT2D eigenvalue weighted by molar-refractivity contribution is 7.89. The van der Waals surface area contributed by atoms with Gasteiger partial charge in [-0.05, 0) is 12.1 Å². The summed E-state index contributed by atoms with van der Waals surface area (Å²) in [5.74, 6) is 0. The second-order valence-corrected chi connectivity index (χ2v) is 5.00. The van der Waals surface area contributed by atoms with E-state index in [1.54, 1.807) is 29.2 Å². The molecule has 0 amide bonds. The first-order valence-corrected chi connectivity index (χ1v) is 6.64. The lowest BCUT2D eigenvalue weighted by molar-refractivity contribution is 0.303. The van der Waals surface area contributed by atoms with Crippen molar-refractivity contribution < 1.29 is 13.5 Å². The van der Waals surface area contributed by atoms with Crippen molar-refractivity contribution in [1.82, 2.24) is 0 Å². The number of anilines is 1. The first-order chi connectivity index (χ1) is 8.00. The highest BCUT2D eigenvalue weighted by atomic mass is 32.2. The van der Waals surface area contributed by atoms with E-state index in [2.05, 4.69) is 6.58 Å². The standard InChI is InChI=1S/C11H16N2O3S/c1-2-7-13(8-9-14)10-5-3-4-6-11(10)17(12,15)16/h2-6,14H,1,7-9H2,(H2,12,15,16). The highest BCUT2D eigenvalue weighted by Crippen LogP contribution is 2.23. The molecular weight excluding hydrogens is 240 g/mol. The van der Waals surface area contributed by atoms with Gasteiger partial charge < -0.3 is 10.0 Å². The molecule has 0 aromatic heterocycles. The quantitative estimate of drug-likeness (QED) is 0.718. The molecule has 0 fully saturated rings. The van der Waals surface area contributed by atoms with E-state index in [0.717, 1.165) is 0 Å². The number of hydrogen-bond donors (Lipinski definition) is 2. The Morgan fingerprint density at radius 2 is 2.06 bits per heavy atom. The van der Waals surface area contributed by atoms with Crippen molar-refractivity contribution in [3.8, 4) is 0 Å². The van der Waals surface area contributed by atoms with Crippen LogP contribution in [0.3, 0.4) is 0 Å². The summed E-state index contributed by atoms with van der Waals surface area (Å²) in [5.41, 5.74) is 0.476. The lowest BCUT2D eigenvalue weighted by atomic mass is 10.3. The van der Waals surface area contributed by atoms with Crippen LogP contribution < -0.4 is 10.0 Å². The van der Waals surface area contributed by atoms with Crippen LogP contribution in [0.2, 0.25) is 0 Å². The second kappa shape index (κ2) is 5.81. The fourth-order valence-corrected chi connectivity index (χ4v) is 2.30. The molecule has 17 heavy (non-hydrogen) atoms. The van der Waals surface area contributed by atoms with E-state index in [0.29, 0.717) is 18.8 Å². The van der Waals surface area contributed by atoms with E-state index >= 15 is 0 Å². The maximum absolute atomic E-state index is 11.4. The molecule has 3 N–H and O–H groups in total. The third-order valence-electron chi connectivity index (χ3n) is 2.23. The summed E-state index contributed by atoms with van der Waals surface area (Å²) in [4.78, 5) is 1.75. The van der Waals surface area contributed by atoms with Crippen molar-refractivity contribution in [3.63, 3.8) is 0 Å². The minimum atomic E-state index is -3.77. The predicted molar refractivity (Wildman–Crippen MR) is 67.3 cm³/mol. The Bertz CT molecular complexity index is 485. The van der Waals surface area contributed by atoms with Gasteiger partial charge in [-0.15, -0.1) is 6.58 Å². The summed E-state index contributed by atoms with van der Waals surface area (Å²) < 4.78 is 22.9. The van der Waals surface area contributed by atoms with Crippen LogP contribution in [0.5, 0.6) is 0 Å². The second-order valence-electron chi connectivity index (χ2n) is 3.47. The Balaban J connectivity index is 3.23. The van der Waals surface area contributed by atoms with Gasteiger partial charge in [-0.3, -0.25) is 0 Å². The number of para-hydroxylation sites is 1. The highest BCUT2D eigenvalue weighted by Gasteiger charge is 2.17. The summed E-state index contributed by atoms with van der Waals surface area (Å²) in [7, 11) is -3.77. The van der Waals surface area contributed by atoms with Gasteiger partial charge in [0.05, 0.1) is 12.3 Å². The number of aliphatic hydroxyl groups is 1. The topological polar surface area (TPSA) is 83.6 Å². The van der Waals surface area contributed by atoms with Crippen LogP contribution in [-0.4, -0.2) is 33.2 Å². The minimum Gasteiger partial charge on any atom is -0.395 e. The van der Waals surface area contributed by atoms with E-state index < -0.39 is 10.0 Å². The normalized spacial score (nSPS) is 11.2. The van der Waals surface area contributed by atoms with Crippen LogP contribution in [0.1, 0.15) is 0 Å². The van der Waals surface area contributed by atoms with Gasteiger partial charge >= 0.3 is 0 Å². The molecule has 0 heterocycles. The Labute approximate surface area is 101 Å². The van der Waals surface area contributed by atoms with Gasteiger partial charge in [0.15, 0.2) is 0 Å². The van der Waals surface area contributed by atoms with Crippen molar-refractivity contribution in [2.24, 2.45) is 5.14 Å². The molecule has 0 spiro atoms. The van der Waals surface area contributed by atoms with Gasteiger partial charge in [0.25, 0.3) is 0 Å². The van der Waals surface area contributed by atoms with Gasteiger partial charge in [0.1, 0.15) is 4.90 Å². The van der Waals surface area contributed by atoms with Gasteiger partial charge in [-0.1, -0.05) is 18.2 Å². The number of primary sulfonamides is 1. The van der Waals surface area contributed by atoms with E-state index in [1.807, 2.05) is 0 Å². The van der Waals surface area contributed by atoms with E-state index in [-0.39, 0.29) is 11.5 Å². The van der Waals surface area contributed by atoms with Crippen molar-refractivity contribution in [1.29, 1.82) is 0 Å². The predicted octanol–water partition coefficient (Wildman–Crippen LogP) is 0.319. The Morgan fingerprint density at radius 3 is 2.59 bits per heavy atom. The minimum absolute atomic E-state index is 0.0512. The van der Waals surface area contributed by atoms with Crippen molar-refractivity contribution in [2.45, 2.75) is 4.90 Å². The summed E-state index contributed by atoms with van der Waals surface area (Å²) in [5, 5.41) is 14.1. The zero-order valence-corrected chi connectivity index (χ0v) is 10.2. The van der Waals surface area contributed by atoms with Crippen LogP contribution in [-0.2, 0) is 10.0 Å². The molecule has 0 atom stereocenters. The van der Waals surface area contributed by atoms with Crippen LogP contribution in [0.4, 0.5) is 5.69 Å². The monoisotopic (exact) mass is 256 g/mol. The Kier molecular flexibility index (Phi) is 4.68. The molecule has 1 aromatic carbocycles. The Morgan fingerprint density at radius 1 is 1.41 bits per heavy atom. The zero-order valence-electron chi connectivity index (χ0n) is 9.41. The molecular formula is C11H16N2O3S. The van der Waals surface area contributed by atoms with Gasteiger partial charge in [0.2, 0.25) is 10.0 Å². The maximum Gasteiger partial charge on any atom is 0.240 e. The largest absolute Gasteiger partial charge is 0.395 e. The average Bonchev–Trinajstić information content (AvgIpc) is 2.28. The number of rotatable bonds is 6. The number of hydrogen-bond acceptors (Lipinski definition) is 4. The first kappa shape index (κ1) is 13.7. The molecule has 0 saturated carbocycles. The fourth-order valence-electron chi connectivity index (χ4n) is 1.55. The first-order valence-electron chi connectivity index (χ1n) is 5.09. The van der Waals surface area contributed by atoms with Crippen LogP contribution >= 0.6 is 0 Å². The number of aliphatic hydroxyl groups excluding tert-OH is 1. The summed E-state index contributed by atoms with van der Waals surface area (Å²) in [6, 6.07) is 6.42. The number of sulfonamides is 1. The lowest BCUT2D eigenvalue weighted by Crippen LogP contribution is -2.29. The third-order valence-corrected chi connectivity index (χ3v) is 3.19. The molecule has 0 aliphatic heterocycles. The van der Waals surface area contributed by atoms with Crippen LogP contribution in [0.25, 0.3) is 0 Å². The molecule has 6 heteroatoms. The van der Waals surface area contributed by atoms with Crippen LogP contribution in [0.15, 0.2) is 41.8 Å². The molecule has 0 saturated heterocycles. The third kappa shape index (κ3) is 3.55. The lowest BCUT2D eigenvalue weighted by Gasteiger charge is -2.24. The van der Waals surface area contributed by atoms with E-state index in [9.17, 15) is 8.42 Å². The average molecular weight is 256 g/mol. The summed E-state index contributed by atoms with van der Waals surface area (Å²) in [6.07, 6.45) is 1.63. The van der Waals surface area contributed by atoms with E-state index in [1.165, 1.54) is 6.07 Å².